The Balaban J connectivity index is 1.83. The van der Waals surface area contributed by atoms with E-state index >= 15 is 0 Å². The molecule has 4 N–H and O–H groups in total. The number of alkyl carbamates (subject to hydrolysis) is 1. The van der Waals surface area contributed by atoms with E-state index in [0.717, 1.165) is 0 Å². The number of aliphatic hydroxyl groups is 1. The molecule has 1 spiro atoms. The molecule has 2 bridgehead atoms. The average molecular weight is 725 g/mol. The number of fused-ring (bicyclic) bond motifs is 2. The number of ketones is 1. The highest BCUT2D eigenvalue weighted by molar-refractivity contribution is 8.79. The van der Waals surface area contributed by atoms with Gasteiger partial charge in [0, 0.05) is 22.0 Å². The smallest absolute Gasteiger partial charge is 0.408 e. The normalized spacial score (nSPS) is 29.5. The maximum absolute atomic E-state index is 13.3. The van der Waals surface area contributed by atoms with Gasteiger partial charge in [-0.25, -0.2) is 9.78 Å². The number of amides is 3. The lowest BCUT2D eigenvalue weighted by atomic mass is 9.81. The van der Waals surface area contributed by atoms with Crippen LogP contribution in [0, 0.1) is 0 Å². The largest absolute Gasteiger partial charge is 0.604 e. The predicted octanol–water partition coefficient (Wildman–Crippen LogP) is 2.57. The minimum atomic E-state index is -2.11. The number of carbonyl (C=O) groups excluding carboxylic acids is 6. The molecule has 5 atom stereocenters. The van der Waals surface area contributed by atoms with Gasteiger partial charge in [-0.15, -0.1) is 11.3 Å². The van der Waals surface area contributed by atoms with Crippen molar-refractivity contribution in [3.63, 3.8) is 0 Å². The van der Waals surface area contributed by atoms with E-state index in [1.165, 1.54) is 36.5 Å². The first-order chi connectivity index (χ1) is 22.3. The fourth-order valence-corrected chi connectivity index (χ4v) is 9.35. The van der Waals surface area contributed by atoms with Gasteiger partial charge in [0.15, 0.2) is 33.0 Å². The first-order valence-corrected chi connectivity index (χ1v) is 18.3. The lowest BCUT2D eigenvalue weighted by Crippen LogP contribution is -2.56. The summed E-state index contributed by atoms with van der Waals surface area (Å²) in [6.45, 7) is 8.50. The van der Waals surface area contributed by atoms with Crippen LogP contribution in [0.2, 0.25) is 0 Å². The molecular weight excluding hydrogens is 685 g/mol. The Morgan fingerprint density at radius 3 is 2.50 bits per heavy atom. The Labute approximate surface area is 289 Å². The highest BCUT2D eigenvalue weighted by atomic mass is 33.1. The molecule has 0 aromatic carbocycles. The molecule has 3 heterocycles. The number of ether oxygens (including phenoxy) is 2. The van der Waals surface area contributed by atoms with Crippen molar-refractivity contribution in [2.75, 3.05) is 13.1 Å². The van der Waals surface area contributed by atoms with Crippen molar-refractivity contribution in [2.45, 2.75) is 88.9 Å². The molecule has 14 nitrogen and oxygen atoms in total. The van der Waals surface area contributed by atoms with Crippen molar-refractivity contribution in [2.24, 2.45) is 0 Å². The quantitative estimate of drug-likeness (QED) is 0.149. The maximum atomic E-state index is 13.3. The van der Waals surface area contributed by atoms with Gasteiger partial charge in [-0.3, -0.25) is 24.0 Å². The fourth-order valence-electron chi connectivity index (χ4n) is 4.61. The Morgan fingerprint density at radius 2 is 1.85 bits per heavy atom. The third-order valence-corrected chi connectivity index (χ3v) is 12.2. The Kier molecular flexibility index (Phi) is 13.2. The third kappa shape index (κ3) is 10.5. The summed E-state index contributed by atoms with van der Waals surface area (Å²) in [5, 5.41) is 20.3. The Morgan fingerprint density at radius 1 is 1.17 bits per heavy atom. The van der Waals surface area contributed by atoms with E-state index in [1.807, 2.05) is 0 Å². The highest BCUT2D eigenvalue weighted by Gasteiger charge is 2.69. The SMILES string of the molecule is C/C1=C\C(OC(=O)CNC(=O)CNC(=O)OC(C)(C)C)C(=O)/C=C/C=C\c2csc(n2)C(C)NC(=O)C[C@@]2(CC1)[S+]([O-])SC(=O)[C@]2(C)O. The van der Waals surface area contributed by atoms with Crippen LogP contribution in [0.5, 0.6) is 0 Å². The van der Waals surface area contributed by atoms with Crippen molar-refractivity contribution < 1.29 is 47.9 Å². The number of rotatable bonds is 5. The van der Waals surface area contributed by atoms with Crippen LogP contribution in [0.1, 0.15) is 77.5 Å². The van der Waals surface area contributed by atoms with Crippen molar-refractivity contribution in [1.82, 2.24) is 20.9 Å². The predicted molar refractivity (Wildman–Crippen MR) is 181 cm³/mol. The summed E-state index contributed by atoms with van der Waals surface area (Å²) in [6, 6.07) is -0.510. The van der Waals surface area contributed by atoms with Gasteiger partial charge in [-0.2, -0.15) is 0 Å². The van der Waals surface area contributed by atoms with E-state index < -0.39 is 92.6 Å². The van der Waals surface area contributed by atoms with Gasteiger partial charge in [0.05, 0.1) is 18.2 Å². The lowest BCUT2D eigenvalue weighted by Gasteiger charge is -2.35. The molecule has 1 fully saturated rings. The van der Waals surface area contributed by atoms with Crippen LogP contribution >= 0.6 is 22.1 Å². The minimum Gasteiger partial charge on any atom is -0.604 e. The number of carbonyl (C=O) groups is 6. The fraction of sp³-hybridized carbons (Fsp3) is 0.516. The number of thiazole rings is 1. The van der Waals surface area contributed by atoms with E-state index in [0.29, 0.717) is 27.1 Å². The topological polar surface area (TPSA) is 213 Å². The van der Waals surface area contributed by atoms with Gasteiger partial charge in [-0.05, 0) is 66.2 Å². The molecule has 262 valence electrons. The van der Waals surface area contributed by atoms with Gasteiger partial charge >= 0.3 is 12.1 Å². The number of hydrogen-bond donors (Lipinski definition) is 4. The zero-order valence-electron chi connectivity index (χ0n) is 27.4. The monoisotopic (exact) mass is 724 g/mol. The van der Waals surface area contributed by atoms with Crippen LogP contribution in [0.25, 0.3) is 6.08 Å². The molecule has 3 rings (SSSR count). The third-order valence-electron chi connectivity index (χ3n) is 7.25. The second kappa shape index (κ2) is 16.3. The molecule has 48 heavy (non-hydrogen) atoms. The van der Waals surface area contributed by atoms with Crippen molar-refractivity contribution in [1.29, 1.82) is 0 Å². The van der Waals surface area contributed by atoms with Gasteiger partial charge in [0.25, 0.3) is 5.12 Å². The first-order valence-electron chi connectivity index (χ1n) is 14.9. The second-order valence-electron chi connectivity index (χ2n) is 12.4. The minimum absolute atomic E-state index is 0.0758. The molecule has 1 aromatic heterocycles. The van der Waals surface area contributed by atoms with Crippen molar-refractivity contribution in [3.8, 4) is 0 Å². The molecule has 0 aliphatic carbocycles. The van der Waals surface area contributed by atoms with Crippen LogP contribution in [-0.2, 0) is 43.7 Å². The van der Waals surface area contributed by atoms with Crippen molar-refractivity contribution in [3.05, 3.63) is 46.0 Å². The molecule has 0 radical (unpaired) electrons. The van der Waals surface area contributed by atoms with Crippen LogP contribution in [0.4, 0.5) is 4.79 Å². The number of nitrogens with one attached hydrogen (secondary N) is 3. The molecule has 1 aromatic rings. The Hall–Kier alpha value is -3.51. The summed E-state index contributed by atoms with van der Waals surface area (Å²) in [5.74, 6) is -2.80. The molecule has 3 unspecified atom stereocenters. The zero-order valence-corrected chi connectivity index (χ0v) is 29.9. The molecule has 3 amide bonds. The molecule has 2 aliphatic heterocycles. The van der Waals surface area contributed by atoms with Crippen LogP contribution in [0.15, 0.2) is 35.3 Å². The summed E-state index contributed by atoms with van der Waals surface area (Å²) in [5.41, 5.74) is -1.83. The second-order valence-corrected chi connectivity index (χ2v) is 16.5. The molecular formula is C31H40N4O10S3. The van der Waals surface area contributed by atoms with Gasteiger partial charge in [0.1, 0.15) is 23.7 Å². The van der Waals surface area contributed by atoms with Gasteiger partial charge in [-0.1, -0.05) is 17.7 Å². The maximum Gasteiger partial charge on any atom is 0.408 e. The number of allylic oxidation sites excluding steroid dienone is 3. The van der Waals surface area contributed by atoms with E-state index in [4.69, 9.17) is 9.47 Å². The lowest BCUT2D eigenvalue weighted by molar-refractivity contribution is -0.150. The van der Waals surface area contributed by atoms with Gasteiger partial charge in [0.2, 0.25) is 11.8 Å². The summed E-state index contributed by atoms with van der Waals surface area (Å²) in [6.07, 6.45) is 4.55. The van der Waals surface area contributed by atoms with Crippen LogP contribution in [0.3, 0.4) is 0 Å². The molecule has 2 aliphatic rings. The van der Waals surface area contributed by atoms with E-state index in [1.54, 1.807) is 52.2 Å². The summed E-state index contributed by atoms with van der Waals surface area (Å²) >= 11 is 1.29. The van der Waals surface area contributed by atoms with Crippen molar-refractivity contribution >= 4 is 73.2 Å². The first kappa shape index (κ1) is 38.9. The van der Waals surface area contributed by atoms with Crippen LogP contribution in [-0.4, -0.2) is 84.6 Å². The number of aromatic nitrogens is 1. The average Bonchev–Trinajstić information content (AvgIpc) is 3.51. The molecule has 0 saturated carbocycles. The summed E-state index contributed by atoms with van der Waals surface area (Å²) in [7, 11) is -1.51. The van der Waals surface area contributed by atoms with Gasteiger partial charge < -0.3 is 35.1 Å². The summed E-state index contributed by atoms with van der Waals surface area (Å²) < 4.78 is 22.1. The highest BCUT2D eigenvalue weighted by Crippen LogP contribution is 2.53. The van der Waals surface area contributed by atoms with Crippen LogP contribution < -0.4 is 16.0 Å². The summed E-state index contributed by atoms with van der Waals surface area (Å²) in [4.78, 5) is 80.2. The number of esters is 1. The zero-order chi connectivity index (χ0) is 35.9. The number of nitrogens with zero attached hydrogens (tertiary/aromatic N) is 1. The standard InChI is InChI=1S/C31H40N4O10S3/c1-18-11-12-31(30(6,42)27(40)47-48(31)43)14-23(37)34-19(2)26-35-20(17-46-26)9-7-8-10-21(36)22(13-18)44-25(39)16-32-24(38)15-33-28(41)45-29(3,4)5/h7-10,13,17,19,22,42H,11-12,14-16H2,1-6H3,(H,32,38)(H,33,41)(H,34,37)/b9-7-,10-8+,18-13+/t19?,22?,30-,31+,48?/m0/s1. The van der Waals surface area contributed by atoms with E-state index in [9.17, 15) is 38.4 Å². The number of hydrogen-bond acceptors (Lipinski definition) is 13. The van der Waals surface area contributed by atoms with E-state index in [2.05, 4.69) is 20.9 Å². The Bertz CT molecular complexity index is 1510. The molecule has 1 saturated heterocycles. The molecule has 17 heteroatoms. The van der Waals surface area contributed by atoms with E-state index in [-0.39, 0.29) is 12.8 Å².